The molecule has 0 radical (unpaired) electrons. The van der Waals surface area contributed by atoms with Crippen molar-refractivity contribution in [2.45, 2.75) is 13.8 Å². The minimum absolute atomic E-state index is 0.597. The lowest BCUT2D eigenvalue weighted by molar-refractivity contribution is 0.865. The molecule has 6 heterocycles. The van der Waals surface area contributed by atoms with Crippen molar-refractivity contribution in [2.24, 2.45) is 0 Å². The zero-order valence-electron chi connectivity index (χ0n) is 48.6. The highest BCUT2D eigenvalue weighted by molar-refractivity contribution is 7.27. The van der Waals surface area contributed by atoms with Crippen LogP contribution in [0.3, 0.4) is 0 Å². The van der Waals surface area contributed by atoms with E-state index in [2.05, 4.69) is 269 Å². The van der Waals surface area contributed by atoms with E-state index in [1.54, 1.807) is 0 Å². The van der Waals surface area contributed by atoms with Gasteiger partial charge >= 0.3 is 0 Å². The largest absolute Gasteiger partial charge is 0.277 e. The van der Waals surface area contributed by atoms with Crippen LogP contribution < -0.4 is 0 Å². The molecule has 14 aromatic carbocycles. The standard InChI is InChI=1S/C49H28N4S.C31H20N4S/c1-3-14-32-27-34(23-21-29(32)11-1)47-50-48(35-24-22-30-12-2-4-15-33(30)28-35)52-49(51-47)53-40-19-9-7-17-37(40)42-39-26-25-31-13-5-6-16-36(31)43(39)46-44(45(42)53)38-18-8-10-20-41(38)54-46;1-17-32-18(2)34-31(33-17)35-24-13-7-5-11-21(24)26-23-16-15-19-9-3-4-10-20(19)27(23)30-28(29(26)35)22-12-6-8-14-25(22)36-30/h1-28H;3-16H,1-2H3. The molecule has 90 heavy (non-hydrogen) atoms. The Hall–Kier alpha value is -11.3. The van der Waals surface area contributed by atoms with Gasteiger partial charge in [-0.05, 0) is 104 Å². The average molecular weight is 1190 g/mol. The minimum atomic E-state index is 0.597. The number of benzene rings is 14. The Morgan fingerprint density at radius 1 is 0.267 bits per heavy atom. The van der Waals surface area contributed by atoms with Gasteiger partial charge in [-0.15, -0.1) is 22.7 Å². The summed E-state index contributed by atoms with van der Waals surface area (Å²) in [4.78, 5) is 30.1. The Balaban J connectivity index is 0.000000140. The van der Waals surface area contributed by atoms with Gasteiger partial charge in [0.25, 0.3) is 0 Å². The summed E-state index contributed by atoms with van der Waals surface area (Å²) in [7, 11) is 0. The molecular weight excluding hydrogens is 1140 g/mol. The van der Waals surface area contributed by atoms with Gasteiger partial charge in [0.05, 0.1) is 22.1 Å². The summed E-state index contributed by atoms with van der Waals surface area (Å²) in [5, 5.41) is 24.7. The average Bonchev–Trinajstić information content (AvgIpc) is 1.54. The molecule has 420 valence electrons. The van der Waals surface area contributed by atoms with E-state index in [4.69, 9.17) is 24.9 Å². The molecule has 8 nitrogen and oxygen atoms in total. The molecule has 20 rings (SSSR count). The molecule has 0 atom stereocenters. The molecule has 0 aliphatic heterocycles. The van der Waals surface area contributed by atoms with Crippen molar-refractivity contribution in [3.63, 3.8) is 0 Å². The topological polar surface area (TPSA) is 87.2 Å². The van der Waals surface area contributed by atoms with Crippen LogP contribution in [0, 0.1) is 13.8 Å². The van der Waals surface area contributed by atoms with E-state index < -0.39 is 0 Å². The molecule has 20 aromatic rings. The van der Waals surface area contributed by atoms with E-state index in [1.165, 1.54) is 116 Å². The molecule has 0 saturated carbocycles. The second-order valence-corrected chi connectivity index (χ2v) is 25.4. The van der Waals surface area contributed by atoms with Crippen LogP contribution in [-0.2, 0) is 0 Å². The van der Waals surface area contributed by atoms with Crippen molar-refractivity contribution < 1.29 is 0 Å². The SMILES string of the molecule is Cc1nc(C)nc(-n2c3ccccc3c3c4ccc5ccccc5c4c4sc5ccccc5c4c32)n1.c1ccc2cc(-c3nc(-c4ccc5ccccc5c4)nc(-n4c5ccccc5c5c6ccc7ccccc7c6c6sc7ccccc7c6c54)n3)ccc2c1. The molecule has 0 saturated heterocycles. The van der Waals surface area contributed by atoms with Crippen molar-refractivity contribution in [1.29, 1.82) is 0 Å². The number of hydrogen-bond acceptors (Lipinski definition) is 8. The van der Waals surface area contributed by atoms with Gasteiger partial charge in [-0.25, -0.2) is 9.97 Å². The normalized spacial score (nSPS) is 12.1. The summed E-state index contributed by atoms with van der Waals surface area (Å²) in [6, 6.07) is 91.3. The summed E-state index contributed by atoms with van der Waals surface area (Å²) in [6.45, 7) is 3.87. The Kier molecular flexibility index (Phi) is 11.1. The lowest BCUT2D eigenvalue weighted by atomic mass is 9.95. The van der Waals surface area contributed by atoms with Crippen molar-refractivity contribution in [2.75, 3.05) is 0 Å². The van der Waals surface area contributed by atoms with Gasteiger partial charge in [-0.3, -0.25) is 9.13 Å². The fourth-order valence-corrected chi connectivity index (χ4v) is 16.9. The summed E-state index contributed by atoms with van der Waals surface area (Å²) in [5.41, 5.74) is 6.34. The Morgan fingerprint density at radius 3 is 1.10 bits per heavy atom. The van der Waals surface area contributed by atoms with Crippen LogP contribution in [-0.4, -0.2) is 39.0 Å². The third-order valence-corrected chi connectivity index (χ3v) is 20.5. The lowest BCUT2D eigenvalue weighted by Crippen LogP contribution is -2.06. The first-order chi connectivity index (χ1) is 44.5. The molecule has 0 unspecified atom stereocenters. The van der Waals surface area contributed by atoms with Crippen molar-refractivity contribution >= 4 is 171 Å². The number of hydrogen-bond donors (Lipinski definition) is 0. The van der Waals surface area contributed by atoms with Gasteiger partial charge in [0, 0.05) is 83.8 Å². The molecule has 10 heteroatoms. The smallest absolute Gasteiger partial charge is 0.238 e. The van der Waals surface area contributed by atoms with Gasteiger partial charge in [0.15, 0.2) is 11.6 Å². The summed E-state index contributed by atoms with van der Waals surface area (Å²) in [5.74, 6) is 3.99. The third kappa shape index (κ3) is 7.59. The van der Waals surface area contributed by atoms with E-state index in [-0.39, 0.29) is 0 Å². The van der Waals surface area contributed by atoms with Crippen molar-refractivity contribution in [3.05, 3.63) is 266 Å². The Labute approximate surface area is 521 Å². The molecule has 0 fully saturated rings. The fourth-order valence-electron chi connectivity index (χ4n) is 14.4. The first-order valence-electron chi connectivity index (χ1n) is 30.3. The first-order valence-corrected chi connectivity index (χ1v) is 31.9. The van der Waals surface area contributed by atoms with Crippen LogP contribution >= 0.6 is 22.7 Å². The molecule has 0 aliphatic rings. The third-order valence-electron chi connectivity index (χ3n) is 18.2. The number of aromatic nitrogens is 8. The fraction of sp³-hybridized carbons (Fsp3) is 0.0250. The van der Waals surface area contributed by atoms with Crippen LogP contribution in [0.1, 0.15) is 11.6 Å². The van der Waals surface area contributed by atoms with Gasteiger partial charge in [0.1, 0.15) is 11.6 Å². The number of rotatable bonds is 4. The Morgan fingerprint density at radius 2 is 0.633 bits per heavy atom. The van der Waals surface area contributed by atoms with E-state index in [1.807, 2.05) is 36.5 Å². The molecule has 6 aromatic heterocycles. The molecular formula is C80H48N8S2. The highest BCUT2D eigenvalue weighted by Gasteiger charge is 2.27. The molecule has 0 bridgehead atoms. The molecule has 0 N–H and O–H groups in total. The molecule has 0 aliphatic carbocycles. The van der Waals surface area contributed by atoms with E-state index in [9.17, 15) is 0 Å². The van der Waals surface area contributed by atoms with E-state index in [0.717, 1.165) is 55.6 Å². The van der Waals surface area contributed by atoms with Gasteiger partial charge < -0.3 is 0 Å². The monoisotopic (exact) mass is 1180 g/mol. The van der Waals surface area contributed by atoms with Gasteiger partial charge in [0.2, 0.25) is 11.9 Å². The summed E-state index contributed by atoms with van der Waals surface area (Å²) >= 11 is 3.74. The highest BCUT2D eigenvalue weighted by Crippen LogP contribution is 2.51. The maximum atomic E-state index is 5.39. The van der Waals surface area contributed by atoms with Gasteiger partial charge in [-0.2, -0.15) is 19.9 Å². The van der Waals surface area contributed by atoms with Crippen LogP contribution in [0.4, 0.5) is 0 Å². The van der Waals surface area contributed by atoms with E-state index >= 15 is 0 Å². The van der Waals surface area contributed by atoms with Crippen molar-refractivity contribution in [1.82, 2.24) is 39.0 Å². The predicted molar refractivity (Wildman–Crippen MR) is 379 cm³/mol. The quantitative estimate of drug-likeness (QED) is 0.163. The zero-order valence-corrected chi connectivity index (χ0v) is 50.3. The van der Waals surface area contributed by atoms with E-state index in [0.29, 0.717) is 23.5 Å². The summed E-state index contributed by atoms with van der Waals surface area (Å²) in [6.07, 6.45) is 0. The van der Waals surface area contributed by atoms with Crippen LogP contribution in [0.2, 0.25) is 0 Å². The zero-order chi connectivity index (χ0) is 59.3. The maximum Gasteiger partial charge on any atom is 0.238 e. The highest BCUT2D eigenvalue weighted by atomic mass is 32.1. The molecule has 0 spiro atoms. The van der Waals surface area contributed by atoms with Crippen LogP contribution in [0.5, 0.6) is 0 Å². The maximum absolute atomic E-state index is 5.39. The number of nitrogens with zero attached hydrogens (tertiary/aromatic N) is 8. The number of thiophene rings is 2. The minimum Gasteiger partial charge on any atom is -0.277 e. The predicted octanol–water partition coefficient (Wildman–Crippen LogP) is 21.5. The Bertz CT molecular complexity index is 6350. The lowest BCUT2D eigenvalue weighted by Gasteiger charge is -2.13. The van der Waals surface area contributed by atoms with Crippen molar-refractivity contribution in [3.8, 4) is 34.7 Å². The molecule has 0 amide bonds. The van der Waals surface area contributed by atoms with Crippen LogP contribution in [0.15, 0.2) is 255 Å². The number of fused-ring (bicyclic) bond motifs is 26. The van der Waals surface area contributed by atoms with Crippen LogP contribution in [0.25, 0.3) is 183 Å². The number of aryl methyl sites for hydroxylation is 2. The van der Waals surface area contributed by atoms with Gasteiger partial charge in [-0.1, -0.05) is 218 Å². The first kappa shape index (κ1) is 50.8. The summed E-state index contributed by atoms with van der Waals surface area (Å²) < 4.78 is 9.68. The second kappa shape index (κ2) is 19.6. The number of para-hydroxylation sites is 2. The second-order valence-electron chi connectivity index (χ2n) is 23.3.